The zero-order valence-corrected chi connectivity index (χ0v) is 11.8. The molecule has 18 heavy (non-hydrogen) atoms. The average Bonchev–Trinajstić information content (AvgIpc) is 2.28. The molecular formula is C12H15ClO4S. The van der Waals surface area contributed by atoms with E-state index in [1.165, 1.54) is 14.0 Å². The van der Waals surface area contributed by atoms with Gasteiger partial charge in [0.05, 0.1) is 24.5 Å². The second kappa shape index (κ2) is 6.20. The molecule has 100 valence electrons. The van der Waals surface area contributed by atoms with E-state index in [-0.39, 0.29) is 12.2 Å². The van der Waals surface area contributed by atoms with Gasteiger partial charge < -0.3 is 4.74 Å². The third kappa shape index (κ3) is 4.31. The third-order valence-corrected chi connectivity index (χ3v) is 4.92. The highest BCUT2D eigenvalue weighted by Crippen LogP contribution is 2.17. The van der Waals surface area contributed by atoms with Crippen LogP contribution in [0.5, 0.6) is 0 Å². The SMILES string of the molecule is COC(=O)CC(C)S(=O)(=O)Cc1cccc(Cl)c1. The molecule has 0 aromatic heterocycles. The van der Waals surface area contributed by atoms with Gasteiger partial charge in [0.2, 0.25) is 0 Å². The number of hydrogen-bond acceptors (Lipinski definition) is 4. The molecule has 1 atom stereocenters. The van der Waals surface area contributed by atoms with Gasteiger partial charge in [-0.3, -0.25) is 4.79 Å². The van der Waals surface area contributed by atoms with Gasteiger partial charge in [-0.2, -0.15) is 0 Å². The van der Waals surface area contributed by atoms with E-state index in [1.807, 2.05) is 0 Å². The van der Waals surface area contributed by atoms with Crippen LogP contribution >= 0.6 is 11.6 Å². The lowest BCUT2D eigenvalue weighted by Gasteiger charge is -2.11. The lowest BCUT2D eigenvalue weighted by atomic mass is 10.2. The molecule has 0 saturated heterocycles. The molecule has 0 radical (unpaired) electrons. The lowest BCUT2D eigenvalue weighted by Crippen LogP contribution is -2.23. The van der Waals surface area contributed by atoms with E-state index in [9.17, 15) is 13.2 Å². The Kier molecular flexibility index (Phi) is 5.16. The monoisotopic (exact) mass is 290 g/mol. The van der Waals surface area contributed by atoms with Crippen LogP contribution in [0.3, 0.4) is 0 Å². The largest absolute Gasteiger partial charge is 0.469 e. The predicted molar refractivity (Wildman–Crippen MR) is 70.2 cm³/mol. The number of sulfone groups is 1. The van der Waals surface area contributed by atoms with Crippen molar-refractivity contribution in [1.29, 1.82) is 0 Å². The Morgan fingerprint density at radius 3 is 2.67 bits per heavy atom. The van der Waals surface area contributed by atoms with Crippen molar-refractivity contribution in [3.8, 4) is 0 Å². The summed E-state index contributed by atoms with van der Waals surface area (Å²) in [5, 5.41) is -0.285. The van der Waals surface area contributed by atoms with Crippen LogP contribution in [-0.2, 0) is 25.1 Å². The minimum atomic E-state index is -3.39. The summed E-state index contributed by atoms with van der Waals surface area (Å²) in [5.41, 5.74) is 0.610. The maximum Gasteiger partial charge on any atom is 0.306 e. The van der Waals surface area contributed by atoms with Crippen molar-refractivity contribution in [2.45, 2.75) is 24.3 Å². The normalized spacial score (nSPS) is 13.1. The quantitative estimate of drug-likeness (QED) is 0.780. The van der Waals surface area contributed by atoms with E-state index in [2.05, 4.69) is 4.74 Å². The van der Waals surface area contributed by atoms with Crippen LogP contribution in [0, 0.1) is 0 Å². The van der Waals surface area contributed by atoms with Gasteiger partial charge in [0.25, 0.3) is 0 Å². The molecular weight excluding hydrogens is 276 g/mol. The first-order valence-corrected chi connectivity index (χ1v) is 7.47. The van der Waals surface area contributed by atoms with Gasteiger partial charge in [0.15, 0.2) is 9.84 Å². The van der Waals surface area contributed by atoms with Gasteiger partial charge in [-0.15, -0.1) is 0 Å². The van der Waals surface area contributed by atoms with E-state index in [0.717, 1.165) is 0 Å². The number of ether oxygens (including phenoxy) is 1. The smallest absolute Gasteiger partial charge is 0.306 e. The first kappa shape index (κ1) is 15.0. The summed E-state index contributed by atoms with van der Waals surface area (Å²) in [7, 11) is -2.16. The number of benzene rings is 1. The Morgan fingerprint density at radius 1 is 1.44 bits per heavy atom. The van der Waals surface area contributed by atoms with Gasteiger partial charge in [0.1, 0.15) is 0 Å². The van der Waals surface area contributed by atoms with E-state index in [0.29, 0.717) is 10.6 Å². The van der Waals surface area contributed by atoms with Crippen molar-refractivity contribution in [3.05, 3.63) is 34.9 Å². The first-order valence-electron chi connectivity index (χ1n) is 5.38. The fraction of sp³-hybridized carbons (Fsp3) is 0.417. The number of carbonyl (C=O) groups is 1. The minimum Gasteiger partial charge on any atom is -0.469 e. The number of halogens is 1. The van der Waals surface area contributed by atoms with Gasteiger partial charge >= 0.3 is 5.97 Å². The van der Waals surface area contributed by atoms with Crippen molar-refractivity contribution in [3.63, 3.8) is 0 Å². The van der Waals surface area contributed by atoms with Crippen LogP contribution in [0.1, 0.15) is 18.9 Å². The molecule has 0 fully saturated rings. The van der Waals surface area contributed by atoms with Crippen LogP contribution in [-0.4, -0.2) is 26.7 Å². The van der Waals surface area contributed by atoms with Gasteiger partial charge in [-0.25, -0.2) is 8.42 Å². The van der Waals surface area contributed by atoms with Crippen LogP contribution in [0.4, 0.5) is 0 Å². The molecule has 1 unspecified atom stereocenters. The topological polar surface area (TPSA) is 60.4 Å². The maximum absolute atomic E-state index is 12.0. The van der Waals surface area contributed by atoms with Crippen LogP contribution < -0.4 is 0 Å². The molecule has 0 heterocycles. The van der Waals surface area contributed by atoms with Crippen LogP contribution in [0.2, 0.25) is 5.02 Å². The molecule has 1 aromatic rings. The molecule has 0 amide bonds. The van der Waals surface area contributed by atoms with Gasteiger partial charge in [-0.1, -0.05) is 23.7 Å². The number of hydrogen-bond donors (Lipinski definition) is 0. The fourth-order valence-electron chi connectivity index (χ4n) is 1.45. The summed E-state index contributed by atoms with van der Waals surface area (Å²) in [6, 6.07) is 6.66. The molecule has 1 rings (SSSR count). The standard InChI is InChI=1S/C12H15ClO4S/c1-9(6-12(14)17-2)18(15,16)8-10-4-3-5-11(13)7-10/h3-5,7,9H,6,8H2,1-2H3. The Hall–Kier alpha value is -1.07. The molecule has 0 spiro atoms. The Morgan fingerprint density at radius 2 is 2.11 bits per heavy atom. The molecule has 0 aliphatic carbocycles. The molecule has 0 aliphatic rings. The second-order valence-electron chi connectivity index (χ2n) is 4.03. The summed E-state index contributed by atoms with van der Waals surface area (Å²) >= 11 is 5.79. The van der Waals surface area contributed by atoms with E-state index >= 15 is 0 Å². The van der Waals surface area contributed by atoms with Crippen molar-refractivity contribution in [2.75, 3.05) is 7.11 Å². The number of rotatable bonds is 5. The fourth-order valence-corrected chi connectivity index (χ4v) is 2.98. The van der Waals surface area contributed by atoms with Crippen molar-refractivity contribution in [2.24, 2.45) is 0 Å². The average molecular weight is 291 g/mol. The molecule has 0 bridgehead atoms. The van der Waals surface area contributed by atoms with Crippen molar-refractivity contribution < 1.29 is 17.9 Å². The third-order valence-electron chi connectivity index (χ3n) is 2.55. The Labute approximate surface area is 112 Å². The van der Waals surface area contributed by atoms with Crippen molar-refractivity contribution in [1.82, 2.24) is 0 Å². The molecule has 0 saturated carbocycles. The highest BCUT2D eigenvalue weighted by molar-refractivity contribution is 7.91. The van der Waals surface area contributed by atoms with E-state index < -0.39 is 21.1 Å². The highest BCUT2D eigenvalue weighted by Gasteiger charge is 2.24. The maximum atomic E-state index is 12.0. The molecule has 1 aromatic carbocycles. The van der Waals surface area contributed by atoms with Crippen LogP contribution in [0.15, 0.2) is 24.3 Å². The minimum absolute atomic E-state index is 0.133. The van der Waals surface area contributed by atoms with Gasteiger partial charge in [-0.05, 0) is 24.6 Å². The summed E-state index contributed by atoms with van der Waals surface area (Å²) in [5.74, 6) is -0.664. The molecule has 4 nitrogen and oxygen atoms in total. The van der Waals surface area contributed by atoms with E-state index in [4.69, 9.17) is 11.6 Å². The van der Waals surface area contributed by atoms with E-state index in [1.54, 1.807) is 24.3 Å². The summed E-state index contributed by atoms with van der Waals surface area (Å²) in [6.07, 6.45) is -0.139. The highest BCUT2D eigenvalue weighted by atomic mass is 35.5. The first-order chi connectivity index (χ1) is 8.35. The molecule has 6 heteroatoms. The summed E-state index contributed by atoms with van der Waals surface area (Å²) < 4.78 is 28.5. The number of methoxy groups -OCH3 is 1. The summed E-state index contributed by atoms with van der Waals surface area (Å²) in [6.45, 7) is 1.50. The zero-order chi connectivity index (χ0) is 13.8. The molecule has 0 aliphatic heterocycles. The zero-order valence-electron chi connectivity index (χ0n) is 10.2. The predicted octanol–water partition coefficient (Wildman–Crippen LogP) is 2.21. The summed E-state index contributed by atoms with van der Waals surface area (Å²) in [4.78, 5) is 11.1. The Balaban J connectivity index is 2.78. The second-order valence-corrected chi connectivity index (χ2v) is 6.88. The number of esters is 1. The van der Waals surface area contributed by atoms with Crippen LogP contribution in [0.25, 0.3) is 0 Å². The number of carbonyl (C=O) groups excluding carboxylic acids is 1. The van der Waals surface area contributed by atoms with Crippen molar-refractivity contribution >= 4 is 27.4 Å². The lowest BCUT2D eigenvalue weighted by molar-refractivity contribution is -0.140. The van der Waals surface area contributed by atoms with Gasteiger partial charge in [0, 0.05) is 5.02 Å². The Bertz CT molecular complexity index is 525. The molecule has 0 N–H and O–H groups in total.